The Morgan fingerprint density at radius 2 is 2.23 bits per heavy atom. The Morgan fingerprint density at radius 1 is 1.41 bits per heavy atom. The lowest BCUT2D eigenvalue weighted by Crippen LogP contribution is -2.20. The van der Waals surface area contributed by atoms with Crippen LogP contribution in [0.15, 0.2) is 45.9 Å². The van der Waals surface area contributed by atoms with E-state index >= 15 is 0 Å². The highest BCUT2D eigenvalue weighted by atomic mass is 32.2. The van der Waals surface area contributed by atoms with Gasteiger partial charge in [0.15, 0.2) is 5.82 Å². The van der Waals surface area contributed by atoms with Gasteiger partial charge in [-0.05, 0) is 12.5 Å². The Labute approximate surface area is 136 Å². The third-order valence-electron chi connectivity index (χ3n) is 3.00. The average molecular weight is 333 g/mol. The normalized spacial score (nSPS) is 15.4. The van der Waals surface area contributed by atoms with E-state index in [1.165, 1.54) is 11.8 Å². The summed E-state index contributed by atoms with van der Waals surface area (Å²) in [6.45, 7) is 2.61. The molecule has 0 aliphatic carbocycles. The van der Waals surface area contributed by atoms with Gasteiger partial charge in [-0.2, -0.15) is 0 Å². The number of rotatable bonds is 4. The van der Waals surface area contributed by atoms with Gasteiger partial charge in [0.1, 0.15) is 15.4 Å². The van der Waals surface area contributed by atoms with Crippen molar-refractivity contribution in [2.24, 2.45) is 4.99 Å². The lowest BCUT2D eigenvalue weighted by Gasteiger charge is -2.15. The first kappa shape index (κ1) is 15.2. The van der Waals surface area contributed by atoms with Crippen molar-refractivity contribution in [2.75, 3.05) is 17.6 Å². The predicted octanol–water partition coefficient (Wildman–Crippen LogP) is 3.50. The van der Waals surface area contributed by atoms with Crippen LogP contribution >= 0.6 is 23.5 Å². The molecule has 0 saturated heterocycles. The van der Waals surface area contributed by atoms with Crippen LogP contribution in [0.1, 0.15) is 16.6 Å². The topological polar surface area (TPSA) is 67.5 Å². The van der Waals surface area contributed by atoms with Crippen LogP contribution in [0.5, 0.6) is 0 Å². The molecule has 7 heteroatoms. The molecule has 2 heterocycles. The van der Waals surface area contributed by atoms with Crippen molar-refractivity contribution in [1.29, 1.82) is 0 Å². The number of carbonyl (C=O) groups is 1. The van der Waals surface area contributed by atoms with Gasteiger partial charge < -0.3 is 9.84 Å². The van der Waals surface area contributed by atoms with Crippen LogP contribution in [0.25, 0.3) is 0 Å². The molecule has 5 nitrogen and oxygen atoms in total. The van der Waals surface area contributed by atoms with Gasteiger partial charge in [0.05, 0.1) is 6.54 Å². The summed E-state index contributed by atoms with van der Waals surface area (Å²) in [5.41, 5.74) is 0.945. The fourth-order valence-corrected chi connectivity index (χ4v) is 4.18. The Balaban J connectivity index is 1.79. The highest BCUT2D eigenvalue weighted by molar-refractivity contribution is 8.39. The number of amides is 1. The van der Waals surface area contributed by atoms with Crippen LogP contribution in [0.3, 0.4) is 0 Å². The monoisotopic (exact) mass is 333 g/mol. The quantitative estimate of drug-likeness (QED) is 0.927. The van der Waals surface area contributed by atoms with E-state index in [0.717, 1.165) is 22.2 Å². The first-order chi connectivity index (χ1) is 10.7. The van der Waals surface area contributed by atoms with E-state index in [1.54, 1.807) is 24.8 Å². The van der Waals surface area contributed by atoms with Crippen LogP contribution in [0.4, 0.5) is 5.82 Å². The fourth-order valence-electron chi connectivity index (χ4n) is 2.01. The lowest BCUT2D eigenvalue weighted by atomic mass is 10.1. The summed E-state index contributed by atoms with van der Waals surface area (Å²) in [6.07, 6.45) is 0. The number of carbonyl (C=O) groups excluding carboxylic acids is 1. The van der Waals surface area contributed by atoms with Crippen molar-refractivity contribution >= 4 is 39.6 Å². The number of anilines is 1. The number of benzene rings is 1. The largest absolute Gasteiger partial charge is 0.360 e. The smallest absolute Gasteiger partial charge is 0.243 e. The predicted molar refractivity (Wildman–Crippen MR) is 91.4 cm³/mol. The van der Waals surface area contributed by atoms with Crippen molar-refractivity contribution in [3.05, 3.63) is 47.7 Å². The molecular formula is C15H15N3O2S2. The molecule has 1 aromatic heterocycles. The standard InChI is InChI=1S/C15H15N3O2S2/c1-10-9-12(18-20-10)17-14(19)13(11-5-3-2-4-6-11)22-15-16-7-8-21-15/h2-6,9,13H,7-8H2,1H3,(H,17,18,19). The number of nitrogens with one attached hydrogen (secondary N) is 1. The molecule has 0 saturated carbocycles. The van der Waals surface area contributed by atoms with E-state index in [-0.39, 0.29) is 11.2 Å². The average Bonchev–Trinajstić information content (AvgIpc) is 3.17. The summed E-state index contributed by atoms with van der Waals surface area (Å²) in [7, 11) is 0. The fraction of sp³-hybridized carbons (Fsp3) is 0.267. The highest BCUT2D eigenvalue weighted by Gasteiger charge is 2.25. The Hall–Kier alpha value is -1.73. The second-order valence-electron chi connectivity index (χ2n) is 4.72. The van der Waals surface area contributed by atoms with E-state index in [1.807, 2.05) is 30.3 Å². The Morgan fingerprint density at radius 3 is 2.86 bits per heavy atom. The van der Waals surface area contributed by atoms with Gasteiger partial charge in [-0.1, -0.05) is 59.0 Å². The summed E-state index contributed by atoms with van der Waals surface area (Å²) in [5.74, 6) is 1.95. The van der Waals surface area contributed by atoms with Crippen LogP contribution in [-0.4, -0.2) is 27.7 Å². The van der Waals surface area contributed by atoms with E-state index in [0.29, 0.717) is 11.6 Å². The molecule has 0 bridgehead atoms. The first-order valence-electron chi connectivity index (χ1n) is 6.85. The van der Waals surface area contributed by atoms with Crippen LogP contribution < -0.4 is 5.32 Å². The lowest BCUT2D eigenvalue weighted by molar-refractivity contribution is -0.115. The van der Waals surface area contributed by atoms with Crippen molar-refractivity contribution in [3.8, 4) is 0 Å². The number of hydrogen-bond acceptors (Lipinski definition) is 6. The maximum absolute atomic E-state index is 12.6. The number of thioether (sulfide) groups is 2. The molecule has 0 radical (unpaired) electrons. The molecule has 1 atom stereocenters. The van der Waals surface area contributed by atoms with E-state index < -0.39 is 0 Å². The minimum Gasteiger partial charge on any atom is -0.360 e. The molecule has 0 spiro atoms. The summed E-state index contributed by atoms with van der Waals surface area (Å²) >= 11 is 3.17. The van der Waals surface area contributed by atoms with Gasteiger partial charge in [-0.25, -0.2) is 0 Å². The van der Waals surface area contributed by atoms with Crippen LogP contribution in [0.2, 0.25) is 0 Å². The van der Waals surface area contributed by atoms with Crippen molar-refractivity contribution in [3.63, 3.8) is 0 Å². The summed E-state index contributed by atoms with van der Waals surface area (Å²) in [4.78, 5) is 17.1. The summed E-state index contributed by atoms with van der Waals surface area (Å²) < 4.78 is 5.94. The zero-order chi connectivity index (χ0) is 15.4. The van der Waals surface area contributed by atoms with Crippen molar-refractivity contribution in [2.45, 2.75) is 12.2 Å². The molecule has 1 aliphatic rings. The van der Waals surface area contributed by atoms with E-state index in [4.69, 9.17) is 4.52 Å². The van der Waals surface area contributed by atoms with Gasteiger partial charge in [0.2, 0.25) is 5.91 Å². The second-order valence-corrected chi connectivity index (χ2v) is 7.15. The summed E-state index contributed by atoms with van der Waals surface area (Å²) in [6, 6.07) is 11.4. The highest BCUT2D eigenvalue weighted by Crippen LogP contribution is 2.36. The third kappa shape index (κ3) is 3.72. The number of hydrogen-bond donors (Lipinski definition) is 1. The molecule has 22 heavy (non-hydrogen) atoms. The van der Waals surface area contributed by atoms with Crippen LogP contribution in [0, 0.1) is 6.92 Å². The van der Waals surface area contributed by atoms with Crippen LogP contribution in [-0.2, 0) is 4.79 Å². The van der Waals surface area contributed by atoms with E-state index in [9.17, 15) is 4.79 Å². The van der Waals surface area contributed by atoms with E-state index in [2.05, 4.69) is 15.5 Å². The van der Waals surface area contributed by atoms with Gasteiger partial charge >= 0.3 is 0 Å². The van der Waals surface area contributed by atoms with Gasteiger partial charge in [-0.15, -0.1) is 0 Å². The molecule has 114 valence electrons. The molecule has 1 aliphatic heterocycles. The summed E-state index contributed by atoms with van der Waals surface area (Å²) in [5, 5.41) is 6.26. The molecular weight excluding hydrogens is 318 g/mol. The second kappa shape index (κ2) is 7.02. The maximum Gasteiger partial charge on any atom is 0.243 e. The Kier molecular flexibility index (Phi) is 4.84. The van der Waals surface area contributed by atoms with Gasteiger partial charge in [0, 0.05) is 11.8 Å². The molecule has 1 aromatic carbocycles. The minimum atomic E-state index is -0.359. The zero-order valence-corrected chi connectivity index (χ0v) is 13.6. The van der Waals surface area contributed by atoms with Crippen molar-refractivity contribution < 1.29 is 9.32 Å². The number of aliphatic imine (C=N–C) groups is 1. The van der Waals surface area contributed by atoms with Gasteiger partial charge in [-0.3, -0.25) is 9.79 Å². The molecule has 1 unspecified atom stereocenters. The minimum absolute atomic E-state index is 0.125. The molecule has 1 amide bonds. The molecule has 1 N–H and O–H groups in total. The SMILES string of the molecule is Cc1cc(NC(=O)C(SC2=NCCS2)c2ccccc2)no1. The first-order valence-corrected chi connectivity index (χ1v) is 8.72. The molecule has 3 rings (SSSR count). The number of nitrogens with zero attached hydrogens (tertiary/aromatic N) is 2. The van der Waals surface area contributed by atoms with Crippen molar-refractivity contribution in [1.82, 2.24) is 5.16 Å². The molecule has 2 aromatic rings. The number of aromatic nitrogens is 1. The maximum atomic E-state index is 12.6. The third-order valence-corrected chi connectivity index (χ3v) is 5.45. The Bertz CT molecular complexity index is 685. The van der Waals surface area contributed by atoms with Gasteiger partial charge in [0.25, 0.3) is 0 Å². The number of aryl methyl sites for hydroxylation is 1. The molecule has 0 fully saturated rings. The zero-order valence-electron chi connectivity index (χ0n) is 12.0.